The Balaban J connectivity index is 1.71. The number of hydrogen-bond acceptors (Lipinski definition) is 3. The van der Waals surface area contributed by atoms with E-state index in [9.17, 15) is 0 Å². The van der Waals surface area contributed by atoms with E-state index < -0.39 is 0 Å². The molecule has 0 radical (unpaired) electrons. The molecule has 1 fully saturated rings. The molecule has 92 valence electrons. The molecule has 2 rings (SSSR count). The number of nitrogens with one attached hydrogen (secondary N) is 1. The van der Waals surface area contributed by atoms with E-state index in [0.29, 0.717) is 5.41 Å². The SMILES string of the molecule is CCCC1CN=C(NCC2(C)CCCC2)S1. The molecule has 1 unspecified atom stereocenters. The normalized spacial score (nSPS) is 28.1. The van der Waals surface area contributed by atoms with Crippen molar-refractivity contribution in [1.82, 2.24) is 5.32 Å². The third-order valence-electron chi connectivity index (χ3n) is 3.80. The van der Waals surface area contributed by atoms with Gasteiger partial charge in [0.15, 0.2) is 5.17 Å². The molecule has 0 amide bonds. The average molecular weight is 240 g/mol. The largest absolute Gasteiger partial charge is 0.364 e. The summed E-state index contributed by atoms with van der Waals surface area (Å²) in [7, 11) is 0. The molecular formula is C13H24N2S. The van der Waals surface area contributed by atoms with E-state index in [1.165, 1.54) is 43.7 Å². The first kappa shape index (κ1) is 12.3. The van der Waals surface area contributed by atoms with Gasteiger partial charge in [0, 0.05) is 11.8 Å². The third kappa shape index (κ3) is 3.16. The summed E-state index contributed by atoms with van der Waals surface area (Å²) in [6.45, 7) is 6.82. The number of rotatable bonds is 4. The Labute approximate surface area is 104 Å². The summed E-state index contributed by atoms with van der Waals surface area (Å²) in [6, 6.07) is 0. The van der Waals surface area contributed by atoms with Gasteiger partial charge >= 0.3 is 0 Å². The fraction of sp³-hybridized carbons (Fsp3) is 0.923. The summed E-state index contributed by atoms with van der Waals surface area (Å²) in [5, 5.41) is 5.51. The number of nitrogens with zero attached hydrogens (tertiary/aromatic N) is 1. The fourth-order valence-electron chi connectivity index (χ4n) is 2.68. The van der Waals surface area contributed by atoms with Crippen molar-refractivity contribution in [1.29, 1.82) is 0 Å². The Morgan fingerprint density at radius 3 is 2.88 bits per heavy atom. The molecule has 1 atom stereocenters. The molecule has 0 spiro atoms. The van der Waals surface area contributed by atoms with Gasteiger partial charge in [-0.2, -0.15) is 0 Å². The van der Waals surface area contributed by atoms with E-state index in [2.05, 4.69) is 24.2 Å². The maximum atomic E-state index is 4.60. The van der Waals surface area contributed by atoms with Crippen LogP contribution in [0, 0.1) is 5.41 Å². The van der Waals surface area contributed by atoms with Crippen LogP contribution in [0.2, 0.25) is 0 Å². The van der Waals surface area contributed by atoms with Crippen molar-refractivity contribution in [3.05, 3.63) is 0 Å². The molecule has 1 heterocycles. The van der Waals surface area contributed by atoms with Crippen LogP contribution in [0.3, 0.4) is 0 Å². The molecule has 2 nitrogen and oxygen atoms in total. The zero-order chi connectivity index (χ0) is 11.4. The highest BCUT2D eigenvalue weighted by atomic mass is 32.2. The van der Waals surface area contributed by atoms with Crippen LogP contribution in [0.1, 0.15) is 52.4 Å². The van der Waals surface area contributed by atoms with Crippen LogP contribution in [-0.4, -0.2) is 23.5 Å². The van der Waals surface area contributed by atoms with Gasteiger partial charge in [0.25, 0.3) is 0 Å². The van der Waals surface area contributed by atoms with E-state index >= 15 is 0 Å². The van der Waals surface area contributed by atoms with Gasteiger partial charge in [-0.05, 0) is 24.7 Å². The van der Waals surface area contributed by atoms with Gasteiger partial charge in [-0.15, -0.1) is 0 Å². The third-order valence-corrected chi connectivity index (χ3v) is 5.02. The van der Waals surface area contributed by atoms with Crippen molar-refractivity contribution < 1.29 is 0 Å². The number of hydrogen-bond donors (Lipinski definition) is 1. The molecule has 1 aliphatic carbocycles. The van der Waals surface area contributed by atoms with Crippen LogP contribution in [0.15, 0.2) is 4.99 Å². The summed E-state index contributed by atoms with van der Waals surface area (Å²) in [5.74, 6) is 0. The molecule has 0 aromatic heterocycles. The number of amidine groups is 1. The van der Waals surface area contributed by atoms with Gasteiger partial charge in [-0.1, -0.05) is 44.9 Å². The highest BCUT2D eigenvalue weighted by Crippen LogP contribution is 2.37. The molecule has 0 bridgehead atoms. The Morgan fingerprint density at radius 2 is 2.19 bits per heavy atom. The first-order chi connectivity index (χ1) is 7.72. The van der Waals surface area contributed by atoms with Gasteiger partial charge in [0.1, 0.15) is 0 Å². The van der Waals surface area contributed by atoms with E-state index in [-0.39, 0.29) is 0 Å². The molecule has 1 N–H and O–H groups in total. The van der Waals surface area contributed by atoms with Crippen molar-refractivity contribution in [2.75, 3.05) is 13.1 Å². The smallest absolute Gasteiger partial charge is 0.156 e. The van der Waals surface area contributed by atoms with E-state index in [4.69, 9.17) is 0 Å². The topological polar surface area (TPSA) is 24.4 Å². The highest BCUT2D eigenvalue weighted by molar-refractivity contribution is 8.14. The highest BCUT2D eigenvalue weighted by Gasteiger charge is 2.29. The zero-order valence-corrected chi connectivity index (χ0v) is 11.4. The minimum atomic E-state index is 0.534. The second kappa shape index (κ2) is 5.44. The molecule has 3 heteroatoms. The van der Waals surface area contributed by atoms with Crippen LogP contribution < -0.4 is 5.32 Å². The molecular weight excluding hydrogens is 216 g/mol. The Hall–Kier alpha value is -0.180. The van der Waals surface area contributed by atoms with Crippen molar-refractivity contribution in [3.63, 3.8) is 0 Å². The van der Waals surface area contributed by atoms with Crippen LogP contribution in [0.25, 0.3) is 0 Å². The Morgan fingerprint density at radius 1 is 1.44 bits per heavy atom. The number of thioether (sulfide) groups is 1. The summed E-state index contributed by atoms with van der Waals surface area (Å²) >= 11 is 1.96. The predicted octanol–water partition coefficient (Wildman–Crippen LogP) is 3.43. The molecule has 1 aliphatic heterocycles. The van der Waals surface area contributed by atoms with Crippen molar-refractivity contribution in [2.24, 2.45) is 10.4 Å². The molecule has 1 saturated carbocycles. The second-order valence-corrected chi connectivity index (χ2v) is 6.83. The quantitative estimate of drug-likeness (QED) is 0.814. The van der Waals surface area contributed by atoms with Crippen molar-refractivity contribution in [3.8, 4) is 0 Å². The van der Waals surface area contributed by atoms with E-state index in [1.54, 1.807) is 0 Å². The maximum absolute atomic E-state index is 4.60. The summed E-state index contributed by atoms with van der Waals surface area (Å²) in [6.07, 6.45) is 8.17. The maximum Gasteiger partial charge on any atom is 0.156 e. The predicted molar refractivity (Wildman–Crippen MR) is 73.2 cm³/mol. The lowest BCUT2D eigenvalue weighted by atomic mass is 9.89. The fourth-order valence-corrected chi connectivity index (χ4v) is 3.80. The van der Waals surface area contributed by atoms with E-state index in [1.807, 2.05) is 11.8 Å². The second-order valence-electron chi connectivity index (χ2n) is 5.55. The standard InChI is InChI=1S/C13H24N2S/c1-3-6-11-9-14-12(16-11)15-10-13(2)7-4-5-8-13/h11H,3-10H2,1-2H3,(H,14,15). The monoisotopic (exact) mass is 240 g/mol. The molecule has 0 aromatic rings. The minimum Gasteiger partial charge on any atom is -0.364 e. The summed E-state index contributed by atoms with van der Waals surface area (Å²) in [4.78, 5) is 4.60. The van der Waals surface area contributed by atoms with Gasteiger partial charge in [-0.25, -0.2) is 0 Å². The van der Waals surface area contributed by atoms with Gasteiger partial charge in [0.05, 0.1) is 6.54 Å². The van der Waals surface area contributed by atoms with Gasteiger partial charge in [0.2, 0.25) is 0 Å². The van der Waals surface area contributed by atoms with E-state index in [0.717, 1.165) is 18.3 Å². The first-order valence-electron chi connectivity index (χ1n) is 6.67. The molecule has 0 aromatic carbocycles. The minimum absolute atomic E-state index is 0.534. The van der Waals surface area contributed by atoms with Crippen molar-refractivity contribution >= 4 is 16.9 Å². The number of aliphatic imine (C=N–C) groups is 1. The molecule has 0 saturated heterocycles. The molecule has 16 heavy (non-hydrogen) atoms. The summed E-state index contributed by atoms with van der Waals surface area (Å²) < 4.78 is 0. The van der Waals surface area contributed by atoms with Gasteiger partial charge < -0.3 is 5.32 Å². The van der Waals surface area contributed by atoms with Crippen LogP contribution in [0.5, 0.6) is 0 Å². The summed E-state index contributed by atoms with van der Waals surface area (Å²) in [5.41, 5.74) is 0.534. The Kier molecular flexibility index (Phi) is 4.17. The van der Waals surface area contributed by atoms with Gasteiger partial charge in [-0.3, -0.25) is 4.99 Å². The van der Waals surface area contributed by atoms with Crippen LogP contribution >= 0.6 is 11.8 Å². The molecule has 2 aliphatic rings. The van der Waals surface area contributed by atoms with Crippen LogP contribution in [-0.2, 0) is 0 Å². The Bertz CT molecular complexity index is 257. The lowest BCUT2D eigenvalue weighted by Gasteiger charge is -2.24. The average Bonchev–Trinajstić information content (AvgIpc) is 2.86. The first-order valence-corrected chi connectivity index (χ1v) is 7.55. The van der Waals surface area contributed by atoms with Crippen molar-refractivity contribution in [2.45, 2.75) is 57.6 Å². The van der Waals surface area contributed by atoms with Crippen LogP contribution in [0.4, 0.5) is 0 Å². The lowest BCUT2D eigenvalue weighted by Crippen LogP contribution is -2.32. The lowest BCUT2D eigenvalue weighted by molar-refractivity contribution is 0.336. The zero-order valence-electron chi connectivity index (χ0n) is 10.6.